The average molecular weight is 363 g/mol. The van der Waals surface area contributed by atoms with Crippen molar-refractivity contribution in [3.05, 3.63) is 36.0 Å². The van der Waals surface area contributed by atoms with E-state index >= 15 is 0 Å². The number of anilines is 1. The van der Waals surface area contributed by atoms with E-state index in [1.165, 1.54) is 12.8 Å². The van der Waals surface area contributed by atoms with Crippen LogP contribution in [-0.4, -0.2) is 27.7 Å². The van der Waals surface area contributed by atoms with Crippen LogP contribution < -0.4 is 10.1 Å². The summed E-state index contributed by atoms with van der Waals surface area (Å²) in [5, 5.41) is 16.3. The van der Waals surface area contributed by atoms with Crippen molar-refractivity contribution in [2.45, 2.75) is 39.2 Å². The van der Waals surface area contributed by atoms with Gasteiger partial charge in [-0.1, -0.05) is 26.7 Å². The number of H-pyrrole nitrogens is 1. The minimum Gasteiger partial charge on any atom is -0.497 e. The number of nitriles is 1. The second-order valence-corrected chi connectivity index (χ2v) is 7.51. The Hall–Kier alpha value is -2.94. The van der Waals surface area contributed by atoms with Gasteiger partial charge >= 0.3 is 0 Å². The summed E-state index contributed by atoms with van der Waals surface area (Å²) in [6.45, 7) is 4.65. The zero-order valence-electron chi connectivity index (χ0n) is 16.0. The molecule has 0 unspecified atom stereocenters. The minimum atomic E-state index is 0.388. The van der Waals surface area contributed by atoms with Gasteiger partial charge in [0.05, 0.1) is 7.11 Å². The van der Waals surface area contributed by atoms with Crippen LogP contribution in [-0.2, 0) is 0 Å². The van der Waals surface area contributed by atoms with E-state index in [0.29, 0.717) is 29.1 Å². The number of rotatable bonds is 4. The Morgan fingerprint density at radius 2 is 2.04 bits per heavy atom. The van der Waals surface area contributed by atoms with Gasteiger partial charge in [-0.25, -0.2) is 9.50 Å². The first-order valence-electron chi connectivity index (χ1n) is 9.53. The highest BCUT2D eigenvalue weighted by Crippen LogP contribution is 2.36. The number of imidazole rings is 1. The standard InChI is InChI=1S/C21H25N5O/c1-13-5-4-6-18(14(13)2)24-21-19(15-7-9-17(27-3)10-8-15)25-20-16(11-22)12-23-26(20)21/h7-10,12-14,18,23-24H,4-6H2,1-3H3/t13-,14-,18-/m1/s1. The Balaban J connectivity index is 1.79. The zero-order chi connectivity index (χ0) is 19.0. The molecule has 1 saturated carbocycles. The number of aromatic nitrogens is 3. The topological polar surface area (TPSA) is 78.1 Å². The van der Waals surface area contributed by atoms with Crippen LogP contribution in [0.5, 0.6) is 5.75 Å². The van der Waals surface area contributed by atoms with Crippen molar-refractivity contribution in [3.8, 4) is 23.1 Å². The van der Waals surface area contributed by atoms with Crippen molar-refractivity contribution in [1.82, 2.24) is 14.6 Å². The molecule has 0 radical (unpaired) electrons. The van der Waals surface area contributed by atoms with Crippen molar-refractivity contribution in [2.24, 2.45) is 11.8 Å². The highest BCUT2D eigenvalue weighted by atomic mass is 16.5. The molecule has 3 atom stereocenters. The summed E-state index contributed by atoms with van der Waals surface area (Å²) in [6.07, 6.45) is 5.37. The van der Waals surface area contributed by atoms with Gasteiger partial charge in [-0.05, 0) is 42.5 Å². The summed E-state index contributed by atoms with van der Waals surface area (Å²) in [6, 6.07) is 10.5. The van der Waals surface area contributed by atoms with Crippen molar-refractivity contribution in [3.63, 3.8) is 0 Å². The van der Waals surface area contributed by atoms with Crippen LogP contribution in [0.25, 0.3) is 16.9 Å². The summed E-state index contributed by atoms with van der Waals surface area (Å²) in [4.78, 5) is 4.78. The molecular weight excluding hydrogens is 338 g/mol. The third kappa shape index (κ3) is 3.03. The lowest BCUT2D eigenvalue weighted by Crippen LogP contribution is -2.35. The van der Waals surface area contributed by atoms with Gasteiger partial charge in [0.15, 0.2) is 11.5 Å². The molecule has 1 aliphatic carbocycles. The van der Waals surface area contributed by atoms with E-state index in [1.807, 2.05) is 28.8 Å². The van der Waals surface area contributed by atoms with Gasteiger partial charge in [-0.15, -0.1) is 0 Å². The van der Waals surface area contributed by atoms with Gasteiger partial charge in [-0.3, -0.25) is 5.10 Å². The molecule has 1 aromatic carbocycles. The molecular formula is C21H25N5O. The van der Waals surface area contributed by atoms with Crippen molar-refractivity contribution < 1.29 is 4.74 Å². The second kappa shape index (κ2) is 6.99. The van der Waals surface area contributed by atoms with E-state index in [9.17, 15) is 5.26 Å². The van der Waals surface area contributed by atoms with E-state index in [-0.39, 0.29) is 0 Å². The maximum atomic E-state index is 9.40. The molecule has 1 fully saturated rings. The molecule has 140 valence electrons. The van der Waals surface area contributed by atoms with Crippen LogP contribution in [0.2, 0.25) is 0 Å². The zero-order valence-corrected chi connectivity index (χ0v) is 16.0. The third-order valence-electron chi connectivity index (χ3n) is 5.97. The first kappa shape index (κ1) is 17.5. The van der Waals surface area contributed by atoms with Crippen LogP contribution in [0.1, 0.15) is 38.7 Å². The Bertz CT molecular complexity index is 979. The SMILES string of the molecule is COc1ccc(-c2nc3c(C#N)c[nH]n3c2N[C@@H]2CCC[C@@H](C)[C@H]2C)cc1. The van der Waals surface area contributed by atoms with Crippen LogP contribution in [0.3, 0.4) is 0 Å². The highest BCUT2D eigenvalue weighted by Gasteiger charge is 2.29. The maximum absolute atomic E-state index is 9.40. The van der Waals surface area contributed by atoms with Crippen LogP contribution in [0.15, 0.2) is 30.5 Å². The number of ether oxygens (including phenoxy) is 1. The van der Waals surface area contributed by atoms with Gasteiger partial charge in [0.25, 0.3) is 0 Å². The number of hydrogen-bond acceptors (Lipinski definition) is 4. The maximum Gasteiger partial charge on any atom is 0.173 e. The molecule has 2 heterocycles. The number of aromatic amines is 1. The Labute approximate surface area is 159 Å². The Morgan fingerprint density at radius 3 is 2.74 bits per heavy atom. The molecule has 0 aliphatic heterocycles. The lowest BCUT2D eigenvalue weighted by atomic mass is 9.78. The van der Waals surface area contributed by atoms with Gasteiger partial charge in [0, 0.05) is 17.8 Å². The number of benzene rings is 1. The smallest absolute Gasteiger partial charge is 0.173 e. The summed E-state index contributed by atoms with van der Waals surface area (Å²) in [5.74, 6) is 3.01. The van der Waals surface area contributed by atoms with Crippen molar-refractivity contribution in [1.29, 1.82) is 5.26 Å². The quantitative estimate of drug-likeness (QED) is 0.718. The Kier molecular flexibility index (Phi) is 4.53. The fourth-order valence-electron chi connectivity index (χ4n) is 4.05. The summed E-state index contributed by atoms with van der Waals surface area (Å²) in [7, 11) is 1.66. The molecule has 1 aliphatic rings. The molecule has 6 heteroatoms. The minimum absolute atomic E-state index is 0.388. The molecule has 0 bridgehead atoms. The third-order valence-corrected chi connectivity index (χ3v) is 5.97. The fraction of sp³-hybridized carbons (Fsp3) is 0.429. The monoisotopic (exact) mass is 363 g/mol. The molecule has 3 aromatic rings. The fourth-order valence-corrected chi connectivity index (χ4v) is 4.05. The second-order valence-electron chi connectivity index (χ2n) is 7.51. The van der Waals surface area contributed by atoms with E-state index in [1.54, 1.807) is 13.3 Å². The van der Waals surface area contributed by atoms with Crippen molar-refractivity contribution >= 4 is 11.5 Å². The van der Waals surface area contributed by atoms with E-state index in [0.717, 1.165) is 29.2 Å². The number of fused-ring (bicyclic) bond motifs is 1. The molecule has 2 aromatic heterocycles. The molecule has 0 amide bonds. The van der Waals surface area contributed by atoms with Crippen molar-refractivity contribution in [2.75, 3.05) is 12.4 Å². The first-order valence-corrected chi connectivity index (χ1v) is 9.53. The van der Waals surface area contributed by atoms with Gasteiger partial charge in [-0.2, -0.15) is 5.26 Å². The molecule has 2 N–H and O–H groups in total. The molecule has 27 heavy (non-hydrogen) atoms. The summed E-state index contributed by atoms with van der Waals surface area (Å²) < 4.78 is 7.17. The van der Waals surface area contributed by atoms with Gasteiger partial charge < -0.3 is 10.1 Å². The van der Waals surface area contributed by atoms with Crippen LogP contribution in [0, 0.1) is 23.2 Å². The van der Waals surface area contributed by atoms with E-state index < -0.39 is 0 Å². The number of nitrogens with zero attached hydrogens (tertiary/aromatic N) is 3. The largest absolute Gasteiger partial charge is 0.497 e. The number of hydrogen-bond donors (Lipinski definition) is 2. The lowest BCUT2D eigenvalue weighted by Gasteiger charge is -2.35. The van der Waals surface area contributed by atoms with Crippen LogP contribution in [0.4, 0.5) is 5.82 Å². The first-order chi connectivity index (χ1) is 13.1. The van der Waals surface area contributed by atoms with Gasteiger partial charge in [0.1, 0.15) is 23.1 Å². The number of methoxy groups -OCH3 is 1. The Morgan fingerprint density at radius 1 is 1.26 bits per heavy atom. The predicted octanol–water partition coefficient (Wildman–Crippen LogP) is 4.45. The normalized spacial score (nSPS) is 22.5. The molecule has 6 nitrogen and oxygen atoms in total. The lowest BCUT2D eigenvalue weighted by molar-refractivity contribution is 0.252. The number of nitrogens with one attached hydrogen (secondary N) is 2. The summed E-state index contributed by atoms with van der Waals surface area (Å²) >= 11 is 0. The molecule has 4 rings (SSSR count). The predicted molar refractivity (Wildman–Crippen MR) is 106 cm³/mol. The van der Waals surface area contributed by atoms with E-state index in [4.69, 9.17) is 9.72 Å². The molecule has 0 saturated heterocycles. The van der Waals surface area contributed by atoms with Gasteiger partial charge in [0.2, 0.25) is 0 Å². The summed E-state index contributed by atoms with van der Waals surface area (Å²) in [5.41, 5.74) is 3.05. The highest BCUT2D eigenvalue weighted by molar-refractivity contribution is 5.78. The van der Waals surface area contributed by atoms with E-state index in [2.05, 4.69) is 30.3 Å². The average Bonchev–Trinajstić information content (AvgIpc) is 3.25. The van der Waals surface area contributed by atoms with Crippen LogP contribution >= 0.6 is 0 Å². The molecule has 0 spiro atoms.